The molecule has 15 nitrogen and oxygen atoms in total. The number of fused-ring (bicyclic) bond motifs is 1. The van der Waals surface area contributed by atoms with Crippen LogP contribution in [0.3, 0.4) is 0 Å². The highest BCUT2D eigenvalue weighted by Gasteiger charge is 2.24. The highest BCUT2D eigenvalue weighted by atomic mass is 16.5. The van der Waals surface area contributed by atoms with Crippen LogP contribution in [0.2, 0.25) is 0 Å². The third-order valence-electron chi connectivity index (χ3n) is 9.27. The van der Waals surface area contributed by atoms with Gasteiger partial charge in [0.25, 0.3) is 5.91 Å². The minimum atomic E-state index is -0.203. The van der Waals surface area contributed by atoms with Gasteiger partial charge in [-0.05, 0) is 74.6 Å². The summed E-state index contributed by atoms with van der Waals surface area (Å²) in [5, 5.41) is 15.1. The molecule has 1 aliphatic rings. The normalized spacial score (nSPS) is 13.4. The summed E-state index contributed by atoms with van der Waals surface area (Å²) in [5.41, 5.74) is 2.95. The molecule has 1 amide bonds. The Morgan fingerprint density at radius 2 is 1.61 bits per heavy atom. The molecule has 0 fully saturated rings. The molecule has 0 spiro atoms. The van der Waals surface area contributed by atoms with E-state index in [1.165, 1.54) is 13.4 Å². The number of aromatic nitrogens is 5. The Morgan fingerprint density at radius 3 is 2.36 bits per heavy atom. The molecule has 0 radical (unpaired) electrons. The highest BCUT2D eigenvalue weighted by molar-refractivity contribution is 5.95. The summed E-state index contributed by atoms with van der Waals surface area (Å²) >= 11 is 0. The van der Waals surface area contributed by atoms with Crippen LogP contribution in [-0.2, 0) is 37.3 Å². The van der Waals surface area contributed by atoms with Crippen molar-refractivity contribution in [2.75, 3.05) is 65.3 Å². The van der Waals surface area contributed by atoms with Crippen molar-refractivity contribution >= 4 is 17.6 Å². The van der Waals surface area contributed by atoms with Crippen molar-refractivity contribution in [3.63, 3.8) is 0 Å². The van der Waals surface area contributed by atoms with Gasteiger partial charge in [-0.15, -0.1) is 10.2 Å². The van der Waals surface area contributed by atoms with Crippen molar-refractivity contribution in [1.82, 2.24) is 30.0 Å². The fourth-order valence-corrected chi connectivity index (χ4v) is 6.11. The number of methoxy groups -OCH3 is 1. The molecule has 0 saturated carbocycles. The lowest BCUT2D eigenvalue weighted by Gasteiger charge is -2.27. The number of nitrogens with one attached hydrogen (secondary N) is 2. The van der Waals surface area contributed by atoms with Crippen molar-refractivity contribution in [1.29, 1.82) is 0 Å². The minimum absolute atomic E-state index is 0.161. The molecule has 2 aromatic carbocycles. The van der Waals surface area contributed by atoms with Crippen LogP contribution >= 0.6 is 0 Å². The van der Waals surface area contributed by atoms with Gasteiger partial charge in [-0.1, -0.05) is 18.9 Å². The van der Waals surface area contributed by atoms with Gasteiger partial charge in [0.05, 0.1) is 59.3 Å². The van der Waals surface area contributed by atoms with Gasteiger partial charge in [-0.25, -0.2) is 9.97 Å². The van der Waals surface area contributed by atoms with Gasteiger partial charge in [0.1, 0.15) is 23.5 Å². The molecule has 302 valence electrons. The van der Waals surface area contributed by atoms with Crippen LogP contribution in [-0.4, -0.2) is 96.6 Å². The molecule has 5 rings (SSSR count). The second kappa shape index (κ2) is 23.7. The SMILES string of the molecule is COC(=O)CCCCCOCCOCCOCCCCCCOc1ccc2c(c1)[C@@H](NC(=O)c1cccc(NCc3nnc(-c4ccncn4)n3C)c1)CCO2. The van der Waals surface area contributed by atoms with Crippen LogP contribution < -0.4 is 20.1 Å². The van der Waals surface area contributed by atoms with Crippen LogP contribution in [0, 0.1) is 0 Å². The molecule has 2 aromatic heterocycles. The van der Waals surface area contributed by atoms with E-state index >= 15 is 0 Å². The summed E-state index contributed by atoms with van der Waals surface area (Å²) in [6, 6.07) is 14.8. The van der Waals surface area contributed by atoms with Crippen molar-refractivity contribution < 1.29 is 38.0 Å². The standard InChI is InChI=1S/C41H55N7O8/c1-48-38(46-47-40(48)36-16-18-42-30-44-36)29-43-32-12-10-11-31(27-32)41(50)45-35-17-22-56-37-15-14-33(28-34(35)37)55-21-9-4-3-7-19-52-23-25-54-26-24-53-20-8-5-6-13-39(49)51-2/h10-12,14-16,18,27-28,30,35,43H,3-9,13,17,19-26,29H2,1-2H3,(H,45,50)/t35-/m0/s1. The van der Waals surface area contributed by atoms with Gasteiger partial charge >= 0.3 is 5.97 Å². The Kier molecular flexibility index (Phi) is 17.8. The number of hydrogen-bond acceptors (Lipinski definition) is 13. The summed E-state index contributed by atoms with van der Waals surface area (Å²) in [6.45, 7) is 5.16. The zero-order valence-corrected chi connectivity index (χ0v) is 32.6. The molecule has 1 aliphatic heterocycles. The van der Waals surface area contributed by atoms with Crippen LogP contribution in [0.15, 0.2) is 61.1 Å². The summed E-state index contributed by atoms with van der Waals surface area (Å²) in [6.07, 6.45) is 11.0. The van der Waals surface area contributed by atoms with E-state index in [2.05, 4.69) is 35.5 Å². The quantitative estimate of drug-likeness (QED) is 0.0575. The molecule has 56 heavy (non-hydrogen) atoms. The molecule has 0 saturated heterocycles. The van der Waals surface area contributed by atoms with Crippen LogP contribution in [0.5, 0.6) is 11.5 Å². The molecule has 1 atom stereocenters. The van der Waals surface area contributed by atoms with Crippen molar-refractivity contribution in [2.45, 2.75) is 70.4 Å². The van der Waals surface area contributed by atoms with Crippen molar-refractivity contribution in [3.05, 3.63) is 78.0 Å². The Labute approximate surface area is 328 Å². The number of benzene rings is 2. The maximum atomic E-state index is 13.4. The van der Waals surface area contributed by atoms with Crippen LogP contribution in [0.1, 0.15) is 85.6 Å². The molecule has 4 aromatic rings. The average molecular weight is 774 g/mol. The monoisotopic (exact) mass is 773 g/mol. The summed E-state index contributed by atoms with van der Waals surface area (Å²) in [4.78, 5) is 32.7. The van der Waals surface area contributed by atoms with Gasteiger partial charge in [0.15, 0.2) is 11.6 Å². The van der Waals surface area contributed by atoms with E-state index in [1.54, 1.807) is 18.3 Å². The molecule has 2 N–H and O–H groups in total. The number of rotatable bonds is 26. The molecule has 15 heteroatoms. The van der Waals surface area contributed by atoms with Gasteiger partial charge in [0.2, 0.25) is 0 Å². The van der Waals surface area contributed by atoms with Gasteiger partial charge < -0.3 is 43.6 Å². The van der Waals surface area contributed by atoms with Crippen molar-refractivity contribution in [3.8, 4) is 23.0 Å². The third-order valence-corrected chi connectivity index (χ3v) is 9.27. The van der Waals surface area contributed by atoms with E-state index in [-0.39, 0.29) is 17.9 Å². The summed E-state index contributed by atoms with van der Waals surface area (Å²) < 4.78 is 35.3. The van der Waals surface area contributed by atoms with Crippen molar-refractivity contribution in [2.24, 2.45) is 7.05 Å². The maximum Gasteiger partial charge on any atom is 0.305 e. The highest BCUT2D eigenvalue weighted by Crippen LogP contribution is 2.35. The van der Waals surface area contributed by atoms with Crippen LogP contribution in [0.4, 0.5) is 5.69 Å². The molecule has 0 aliphatic carbocycles. The summed E-state index contributed by atoms with van der Waals surface area (Å²) in [7, 11) is 3.30. The first-order valence-corrected chi connectivity index (χ1v) is 19.5. The number of unbranched alkanes of at least 4 members (excludes halogenated alkanes) is 5. The number of carbonyl (C=O) groups excluding carboxylic acids is 2. The number of carbonyl (C=O) groups is 2. The van der Waals surface area contributed by atoms with E-state index in [0.717, 1.165) is 73.5 Å². The topological polar surface area (TPSA) is 170 Å². The van der Waals surface area contributed by atoms with E-state index in [4.69, 9.17) is 23.7 Å². The second-order valence-corrected chi connectivity index (χ2v) is 13.4. The van der Waals surface area contributed by atoms with E-state index in [1.807, 2.05) is 48.0 Å². The molecular formula is C41H55N7O8. The minimum Gasteiger partial charge on any atom is -0.494 e. The van der Waals surface area contributed by atoms with Gasteiger partial charge in [-0.3, -0.25) is 9.59 Å². The Hall–Kier alpha value is -5.12. The number of hydrogen-bond donors (Lipinski definition) is 2. The van der Waals surface area contributed by atoms with Gasteiger partial charge in [0, 0.05) is 56.1 Å². The summed E-state index contributed by atoms with van der Waals surface area (Å²) in [5.74, 6) is 2.57. The predicted octanol–water partition coefficient (Wildman–Crippen LogP) is 5.86. The first-order chi connectivity index (χ1) is 27.5. The first kappa shape index (κ1) is 42.0. The Morgan fingerprint density at radius 1 is 0.857 bits per heavy atom. The van der Waals surface area contributed by atoms with Crippen LogP contribution in [0.25, 0.3) is 11.5 Å². The molecular weight excluding hydrogens is 718 g/mol. The number of nitrogens with zero attached hydrogens (tertiary/aromatic N) is 5. The fourth-order valence-electron chi connectivity index (χ4n) is 6.11. The lowest BCUT2D eigenvalue weighted by Crippen LogP contribution is -2.32. The number of ether oxygens (including phenoxy) is 6. The molecule has 0 bridgehead atoms. The smallest absolute Gasteiger partial charge is 0.305 e. The average Bonchev–Trinajstić information content (AvgIpc) is 3.60. The molecule has 3 heterocycles. The number of esters is 1. The number of amides is 1. The largest absolute Gasteiger partial charge is 0.494 e. The lowest BCUT2D eigenvalue weighted by molar-refractivity contribution is -0.140. The third kappa shape index (κ3) is 13.9. The van der Waals surface area contributed by atoms with E-state index in [0.29, 0.717) is 89.3 Å². The van der Waals surface area contributed by atoms with E-state index in [9.17, 15) is 9.59 Å². The zero-order valence-electron chi connectivity index (χ0n) is 32.6. The Bertz CT molecular complexity index is 1770. The van der Waals surface area contributed by atoms with Gasteiger partial charge in [-0.2, -0.15) is 0 Å². The zero-order chi connectivity index (χ0) is 39.2. The van der Waals surface area contributed by atoms with E-state index < -0.39 is 0 Å². The fraction of sp³-hybridized carbons (Fsp3) is 0.512. The predicted molar refractivity (Wildman–Crippen MR) is 209 cm³/mol. The first-order valence-electron chi connectivity index (χ1n) is 19.5. The number of anilines is 1. The lowest BCUT2D eigenvalue weighted by atomic mass is 9.99. The Balaban J connectivity index is 0.934. The maximum absolute atomic E-state index is 13.4. The second-order valence-electron chi connectivity index (χ2n) is 13.4. The molecule has 0 unspecified atom stereocenters.